The van der Waals surface area contributed by atoms with Crippen LogP contribution in [-0.4, -0.2) is 122 Å². The van der Waals surface area contributed by atoms with Crippen molar-refractivity contribution in [3.05, 3.63) is 302 Å². The van der Waals surface area contributed by atoms with Gasteiger partial charge in [0, 0.05) is 125 Å². The highest BCUT2D eigenvalue weighted by molar-refractivity contribution is 5.81. The third kappa shape index (κ3) is 22.1. The summed E-state index contributed by atoms with van der Waals surface area (Å²) < 4.78 is 17.4. The number of aryl methyl sites for hydroxylation is 1. The number of imidazole rings is 3. The van der Waals surface area contributed by atoms with Gasteiger partial charge in [0.1, 0.15) is 12.0 Å². The molecule has 1 N–H and O–H groups in total. The highest BCUT2D eigenvalue weighted by Crippen LogP contribution is 2.28. The van der Waals surface area contributed by atoms with E-state index in [0.29, 0.717) is 59.3 Å². The summed E-state index contributed by atoms with van der Waals surface area (Å²) in [5, 5.41) is 42.2. The Morgan fingerprint density at radius 1 is 0.333 bits per heavy atom. The molecule has 0 fully saturated rings. The van der Waals surface area contributed by atoms with Gasteiger partial charge in [0.05, 0.1) is 100 Å². The van der Waals surface area contributed by atoms with Crippen molar-refractivity contribution in [2.45, 2.75) is 224 Å². The normalized spacial score (nSPS) is 11.8. The monoisotopic (exact) mass is 1610 g/mol. The molecular formula is C95H119N25. The van der Waals surface area contributed by atoms with Crippen LogP contribution in [0.3, 0.4) is 0 Å². The lowest BCUT2D eigenvalue weighted by atomic mass is 9.99. The predicted octanol–water partition coefficient (Wildman–Crippen LogP) is 21.8. The van der Waals surface area contributed by atoms with Crippen LogP contribution in [0.2, 0.25) is 0 Å². The molecule has 0 bridgehead atoms. The van der Waals surface area contributed by atoms with E-state index in [1.165, 1.54) is 86.1 Å². The molecule has 0 spiro atoms. The summed E-state index contributed by atoms with van der Waals surface area (Å²) in [7, 11) is 0. The maximum absolute atomic E-state index is 4.39. The minimum absolute atomic E-state index is 0.468. The van der Waals surface area contributed by atoms with Crippen LogP contribution >= 0.6 is 0 Å². The number of nitrogens with zero attached hydrogens (tertiary/aromatic N) is 24. The van der Waals surface area contributed by atoms with E-state index in [9.17, 15) is 0 Å². The number of hydrogen-bond acceptors (Lipinski definition) is 15. The van der Waals surface area contributed by atoms with Gasteiger partial charge in [-0.05, 0) is 171 Å². The van der Waals surface area contributed by atoms with E-state index in [1.807, 2.05) is 197 Å². The first kappa shape index (κ1) is 87.9. The molecule has 2 aromatic carbocycles. The molecule has 19 aromatic rings. The quantitative estimate of drug-likeness (QED) is 0.134. The first-order valence-corrected chi connectivity index (χ1v) is 42.0. The van der Waals surface area contributed by atoms with Crippen LogP contribution in [0.4, 0.5) is 0 Å². The molecule has 20 rings (SSSR count). The number of benzene rings is 2. The molecule has 0 atom stereocenters. The highest BCUT2D eigenvalue weighted by Gasteiger charge is 2.18. The molecule has 120 heavy (non-hydrogen) atoms. The fraction of sp³-hybridized carbons (Fsp3) is 0.358. The van der Waals surface area contributed by atoms with Crippen molar-refractivity contribution >= 4 is 60.9 Å². The van der Waals surface area contributed by atoms with Crippen LogP contribution in [0, 0.1) is 0 Å². The van der Waals surface area contributed by atoms with Gasteiger partial charge in [-0.15, -0.1) is 0 Å². The Labute approximate surface area is 704 Å². The summed E-state index contributed by atoms with van der Waals surface area (Å²) >= 11 is 0. The summed E-state index contributed by atoms with van der Waals surface area (Å²) in [6.07, 6.45) is 41.4. The molecule has 624 valence electrons. The summed E-state index contributed by atoms with van der Waals surface area (Å²) in [6, 6.07) is 40.7. The second kappa shape index (κ2) is 42.0. The Hall–Kier alpha value is -12.9. The number of hydrogen-bond donors (Lipinski definition) is 1. The predicted molar refractivity (Wildman–Crippen MR) is 483 cm³/mol. The number of pyridine rings is 2. The van der Waals surface area contributed by atoms with Gasteiger partial charge in [0.25, 0.3) is 0 Å². The fourth-order valence-electron chi connectivity index (χ4n) is 13.9. The number of rotatable bonds is 10. The van der Waals surface area contributed by atoms with E-state index in [-0.39, 0.29) is 0 Å². The summed E-state index contributed by atoms with van der Waals surface area (Å²) in [5.74, 6) is 4.70. The standard InChI is InChI=1S/C10H12N2.C10H16N2.3C10H12N2.5C9H11N3/c1-8(2)9-7-11-10-5-3-4-6-12(9)10;2*1-8(2)9-7-11-12-6-4-3-5-10(9)12;1-8(2)12-7-11-9-5-3-4-6-10(9)12;1-7(2)10-8-5-3-4-6-9(8)11-12-10;1-7(2)8-5-11-12-4-3-10-6-9(8)12;1-7(2)8-5-11-12-6-10-4-3-9(8)12;1-7(2)8-6-11-12-5-3-4-10-9(8)12;1-7(2)8-6-10-9-4-3-5-11-12(8)9;1-7(2)8-6-11-12-9(8)4-3-5-10-12/h3-8H,1-2H3;7-8H,3-6H2,1-2H3;2*3-8H,1-2H3;3-7H,1-2H3,(H,11,12);5*3-7H,1-2H3. The van der Waals surface area contributed by atoms with Crippen LogP contribution in [-0.2, 0) is 13.0 Å². The second-order valence-electron chi connectivity index (χ2n) is 32.7. The van der Waals surface area contributed by atoms with Crippen molar-refractivity contribution < 1.29 is 0 Å². The van der Waals surface area contributed by atoms with Crippen LogP contribution < -0.4 is 0 Å². The molecule has 18 heterocycles. The topological polar surface area (TPSA) is 250 Å². The van der Waals surface area contributed by atoms with Gasteiger partial charge in [-0.25, -0.2) is 47.5 Å². The van der Waals surface area contributed by atoms with Crippen LogP contribution in [0.25, 0.3) is 60.9 Å². The Bertz CT molecular complexity index is 5180. The van der Waals surface area contributed by atoms with Gasteiger partial charge in [0.15, 0.2) is 11.3 Å². The summed E-state index contributed by atoms with van der Waals surface area (Å²) in [6.45, 7) is 44.5. The van der Waals surface area contributed by atoms with Gasteiger partial charge in [-0.3, -0.25) is 14.8 Å². The average molecular weight is 1610 g/mol. The third-order valence-corrected chi connectivity index (χ3v) is 20.6. The van der Waals surface area contributed by atoms with Crippen molar-refractivity contribution in [3.63, 3.8) is 0 Å². The van der Waals surface area contributed by atoms with Gasteiger partial charge in [-0.1, -0.05) is 167 Å². The molecule has 0 saturated carbocycles. The largest absolute Gasteiger partial charge is 0.328 e. The van der Waals surface area contributed by atoms with Gasteiger partial charge >= 0.3 is 0 Å². The Morgan fingerprint density at radius 2 is 0.883 bits per heavy atom. The molecule has 25 nitrogen and oxygen atoms in total. The second-order valence-corrected chi connectivity index (χ2v) is 32.7. The number of fused-ring (bicyclic) bond motifs is 10. The minimum atomic E-state index is 0.468. The van der Waals surface area contributed by atoms with E-state index in [4.69, 9.17) is 0 Å². The first-order valence-electron chi connectivity index (χ1n) is 42.0. The van der Waals surface area contributed by atoms with Crippen molar-refractivity contribution in [2.75, 3.05) is 0 Å². The molecule has 1 aliphatic rings. The van der Waals surface area contributed by atoms with E-state index in [0.717, 1.165) is 56.8 Å². The zero-order valence-electron chi connectivity index (χ0n) is 73.4. The Kier molecular flexibility index (Phi) is 30.7. The lowest BCUT2D eigenvalue weighted by Gasteiger charge is -2.15. The maximum Gasteiger partial charge on any atom is 0.158 e. The van der Waals surface area contributed by atoms with E-state index >= 15 is 0 Å². The zero-order valence-corrected chi connectivity index (χ0v) is 73.4. The lowest BCUT2D eigenvalue weighted by molar-refractivity contribution is 0.483. The molecule has 0 unspecified atom stereocenters. The van der Waals surface area contributed by atoms with Crippen molar-refractivity contribution in [3.8, 4) is 0 Å². The minimum Gasteiger partial charge on any atom is -0.328 e. The number of nitrogens with one attached hydrogen (secondary N) is 1. The molecule has 0 aliphatic carbocycles. The number of para-hydroxylation sites is 3. The molecular weight excluding hydrogens is 1490 g/mol. The SMILES string of the molecule is CC(C)c1[nH]nc2ccccc12.CC(C)c1cnc2ccccn12.CC(C)c1cnc2cccnn12.CC(C)c1cnn2c1CCCC2.CC(C)c1cnn2ccccc12.CC(C)c1cnn2cccnc12.CC(C)c1cnn2ccncc12.CC(C)c1cnn2cnccc12.CC(C)c1cnn2ncccc12.CC(C)n1cnc2ccccc21. The van der Waals surface area contributed by atoms with E-state index in [2.05, 4.69) is 257 Å². The molecule has 25 heteroatoms. The molecule has 17 aromatic heterocycles. The average Bonchev–Trinajstić information content (AvgIpc) is 1.77. The van der Waals surface area contributed by atoms with Gasteiger partial charge in [-0.2, -0.15) is 50.5 Å². The first-order chi connectivity index (χ1) is 57.9. The maximum atomic E-state index is 4.39. The van der Waals surface area contributed by atoms with Gasteiger partial charge in [0.2, 0.25) is 0 Å². The molecule has 0 amide bonds. The van der Waals surface area contributed by atoms with Gasteiger partial charge < -0.3 is 8.97 Å². The lowest BCUT2D eigenvalue weighted by Crippen LogP contribution is -2.12. The highest BCUT2D eigenvalue weighted by atomic mass is 15.4. The smallest absolute Gasteiger partial charge is 0.158 e. The fourth-order valence-corrected chi connectivity index (χ4v) is 13.9. The van der Waals surface area contributed by atoms with Crippen LogP contribution in [0.5, 0.6) is 0 Å². The number of H-pyrrole nitrogens is 1. The van der Waals surface area contributed by atoms with Crippen LogP contribution in [0.1, 0.15) is 267 Å². The molecule has 0 radical (unpaired) electrons. The summed E-state index contributed by atoms with van der Waals surface area (Å²) in [4.78, 5) is 25.2. The van der Waals surface area contributed by atoms with Crippen LogP contribution in [0.15, 0.2) is 246 Å². The summed E-state index contributed by atoms with van der Waals surface area (Å²) in [5.41, 5.74) is 23.7. The molecule has 1 aliphatic heterocycles. The zero-order chi connectivity index (χ0) is 85.5. The Balaban J connectivity index is 0.000000130. The van der Waals surface area contributed by atoms with E-state index in [1.54, 1.807) is 51.0 Å². The Morgan fingerprint density at radius 3 is 1.59 bits per heavy atom. The third-order valence-electron chi connectivity index (χ3n) is 20.6. The van der Waals surface area contributed by atoms with E-state index < -0.39 is 0 Å². The van der Waals surface area contributed by atoms with Crippen molar-refractivity contribution in [1.82, 2.24) is 122 Å². The van der Waals surface area contributed by atoms with Crippen molar-refractivity contribution in [1.29, 1.82) is 0 Å². The number of aromatic amines is 1. The molecule has 0 saturated heterocycles. The van der Waals surface area contributed by atoms with Crippen molar-refractivity contribution in [2.24, 2.45) is 0 Å². The number of aromatic nitrogens is 25.